The van der Waals surface area contributed by atoms with Crippen LogP contribution >= 0.6 is 0 Å². The summed E-state index contributed by atoms with van der Waals surface area (Å²) >= 11 is 0. The lowest BCUT2D eigenvalue weighted by Gasteiger charge is -2.24. The lowest BCUT2D eigenvalue weighted by molar-refractivity contribution is 0.650. The van der Waals surface area contributed by atoms with Gasteiger partial charge in [0.1, 0.15) is 8.07 Å². The Kier molecular flexibility index (Phi) is 4.53. The van der Waals surface area contributed by atoms with Crippen LogP contribution in [0.1, 0.15) is 26.3 Å². The van der Waals surface area contributed by atoms with Crippen LogP contribution in [0.5, 0.6) is 0 Å². The molecule has 0 unspecified atom stereocenters. The molecule has 0 fully saturated rings. The van der Waals surface area contributed by atoms with Gasteiger partial charge in [-0.1, -0.05) is 74.4 Å². The molecule has 0 aliphatic heterocycles. The predicted octanol–water partition coefficient (Wildman–Crippen LogP) is 3.04. The molecule has 0 saturated heterocycles. The number of hydrogen-bond donors (Lipinski definition) is 0. The van der Waals surface area contributed by atoms with Gasteiger partial charge in [0.2, 0.25) is 0 Å². The fraction of sp³-hybridized carbons (Fsp3) is 0.467. The Hall–Kier alpha value is -1.42. The lowest BCUT2D eigenvalue weighted by atomic mass is 10.2. The van der Waals surface area contributed by atoms with E-state index in [1.165, 1.54) is 29.0 Å². The SMILES string of the molecule is CC[Si](CC)(CC)c1cn(Cc2ccccc2)nn1. The molecule has 0 amide bonds. The third-order valence-electron chi connectivity index (χ3n) is 4.30. The Balaban J connectivity index is 2.19. The minimum Gasteiger partial charge on any atom is -0.248 e. The van der Waals surface area contributed by atoms with Gasteiger partial charge in [-0.2, -0.15) is 0 Å². The number of benzene rings is 1. The standard InChI is InChI=1S/C15H23N3Si/c1-4-19(5-2,6-3)15-13-18(17-16-15)12-14-10-8-7-9-11-14/h7-11,13H,4-6,12H2,1-3H3. The van der Waals surface area contributed by atoms with Crippen LogP contribution in [0.2, 0.25) is 18.1 Å². The summed E-state index contributed by atoms with van der Waals surface area (Å²) in [5.74, 6) is 0. The molecule has 0 atom stereocenters. The van der Waals surface area contributed by atoms with Gasteiger partial charge in [-0.05, 0) is 5.56 Å². The molecule has 1 aromatic carbocycles. The van der Waals surface area contributed by atoms with Gasteiger partial charge in [-0.25, -0.2) is 4.68 Å². The summed E-state index contributed by atoms with van der Waals surface area (Å²) in [6, 6.07) is 14.2. The van der Waals surface area contributed by atoms with Crippen LogP contribution in [0.4, 0.5) is 0 Å². The summed E-state index contributed by atoms with van der Waals surface area (Å²) in [5.41, 5.74) is 1.27. The summed E-state index contributed by atoms with van der Waals surface area (Å²) < 4.78 is 1.98. The Morgan fingerprint density at radius 1 is 1.00 bits per heavy atom. The third-order valence-corrected chi connectivity index (χ3v) is 9.68. The van der Waals surface area contributed by atoms with E-state index >= 15 is 0 Å². The van der Waals surface area contributed by atoms with E-state index in [4.69, 9.17) is 0 Å². The number of hydrogen-bond acceptors (Lipinski definition) is 2. The molecular formula is C15H23N3Si. The summed E-state index contributed by atoms with van der Waals surface area (Å²) in [6.07, 6.45) is 2.18. The molecule has 4 heteroatoms. The molecule has 0 bridgehead atoms. The zero-order valence-corrected chi connectivity index (χ0v) is 13.1. The van der Waals surface area contributed by atoms with E-state index in [-0.39, 0.29) is 0 Å². The predicted molar refractivity (Wildman–Crippen MR) is 82.4 cm³/mol. The van der Waals surface area contributed by atoms with Crippen molar-refractivity contribution in [3.8, 4) is 0 Å². The first-order valence-corrected chi connectivity index (χ1v) is 9.80. The quantitative estimate of drug-likeness (QED) is 0.757. The second kappa shape index (κ2) is 6.15. The third kappa shape index (κ3) is 2.95. The van der Waals surface area contributed by atoms with Crippen molar-refractivity contribution in [3.05, 3.63) is 42.1 Å². The number of aromatic nitrogens is 3. The zero-order valence-electron chi connectivity index (χ0n) is 12.1. The molecule has 0 spiro atoms. The van der Waals surface area contributed by atoms with Gasteiger partial charge in [0.15, 0.2) is 0 Å². The Bertz CT molecular complexity index is 495. The van der Waals surface area contributed by atoms with E-state index in [1.807, 2.05) is 10.7 Å². The molecule has 0 saturated carbocycles. The van der Waals surface area contributed by atoms with Gasteiger partial charge in [0.25, 0.3) is 0 Å². The molecule has 19 heavy (non-hydrogen) atoms. The van der Waals surface area contributed by atoms with E-state index in [0.717, 1.165) is 6.54 Å². The molecule has 102 valence electrons. The van der Waals surface area contributed by atoms with Crippen LogP contribution in [0.15, 0.2) is 36.5 Å². The van der Waals surface area contributed by atoms with Crippen LogP contribution < -0.4 is 5.32 Å². The van der Waals surface area contributed by atoms with E-state index in [0.29, 0.717) is 0 Å². The molecule has 1 aromatic heterocycles. The minimum absolute atomic E-state index is 0.815. The molecule has 2 aromatic rings. The Labute approximate surface area is 116 Å². The minimum atomic E-state index is -1.38. The van der Waals surface area contributed by atoms with Gasteiger partial charge in [0, 0.05) is 6.20 Å². The maximum absolute atomic E-state index is 4.47. The second-order valence-electron chi connectivity index (χ2n) is 5.13. The first kappa shape index (κ1) is 14.0. The van der Waals surface area contributed by atoms with Gasteiger partial charge in [0.05, 0.1) is 11.9 Å². The highest BCUT2D eigenvalue weighted by atomic mass is 28.3. The van der Waals surface area contributed by atoms with Crippen LogP contribution in [0, 0.1) is 0 Å². The molecule has 0 radical (unpaired) electrons. The molecule has 2 rings (SSSR count). The Morgan fingerprint density at radius 3 is 2.21 bits per heavy atom. The lowest BCUT2D eigenvalue weighted by Crippen LogP contribution is -2.46. The molecule has 0 N–H and O–H groups in total. The summed E-state index contributed by atoms with van der Waals surface area (Å²) in [5, 5.41) is 10.1. The topological polar surface area (TPSA) is 30.7 Å². The highest BCUT2D eigenvalue weighted by Crippen LogP contribution is 2.18. The summed E-state index contributed by atoms with van der Waals surface area (Å²) in [4.78, 5) is 0. The van der Waals surface area contributed by atoms with Crippen molar-refractivity contribution in [1.82, 2.24) is 15.0 Å². The van der Waals surface area contributed by atoms with Crippen molar-refractivity contribution < 1.29 is 0 Å². The summed E-state index contributed by atoms with van der Waals surface area (Å²) in [6.45, 7) is 7.72. The largest absolute Gasteiger partial charge is 0.248 e. The van der Waals surface area contributed by atoms with Crippen LogP contribution in [0.25, 0.3) is 0 Å². The fourth-order valence-electron chi connectivity index (χ4n) is 2.68. The molecule has 1 heterocycles. The van der Waals surface area contributed by atoms with E-state index in [2.05, 4.69) is 61.5 Å². The van der Waals surface area contributed by atoms with Crippen molar-refractivity contribution in [1.29, 1.82) is 0 Å². The van der Waals surface area contributed by atoms with Crippen molar-refractivity contribution in [2.24, 2.45) is 0 Å². The van der Waals surface area contributed by atoms with Crippen molar-refractivity contribution >= 4 is 13.4 Å². The number of nitrogens with zero attached hydrogens (tertiary/aromatic N) is 3. The van der Waals surface area contributed by atoms with Crippen molar-refractivity contribution in [2.75, 3.05) is 0 Å². The number of rotatable bonds is 6. The fourth-order valence-corrected chi connectivity index (χ4v) is 5.95. The molecule has 3 nitrogen and oxygen atoms in total. The maximum Gasteiger partial charge on any atom is 0.114 e. The van der Waals surface area contributed by atoms with Gasteiger partial charge < -0.3 is 0 Å². The zero-order chi connectivity index (χ0) is 13.7. The van der Waals surface area contributed by atoms with Crippen LogP contribution in [-0.2, 0) is 6.54 Å². The van der Waals surface area contributed by atoms with Crippen LogP contribution in [0.3, 0.4) is 0 Å². The van der Waals surface area contributed by atoms with E-state index < -0.39 is 8.07 Å². The van der Waals surface area contributed by atoms with E-state index in [1.54, 1.807) is 0 Å². The van der Waals surface area contributed by atoms with Crippen molar-refractivity contribution in [3.63, 3.8) is 0 Å². The monoisotopic (exact) mass is 273 g/mol. The van der Waals surface area contributed by atoms with Gasteiger partial charge >= 0.3 is 0 Å². The van der Waals surface area contributed by atoms with Gasteiger partial charge in [-0.3, -0.25) is 0 Å². The first-order chi connectivity index (χ1) is 9.24. The highest BCUT2D eigenvalue weighted by Gasteiger charge is 2.32. The molecular weight excluding hydrogens is 250 g/mol. The first-order valence-electron chi connectivity index (χ1n) is 7.18. The molecule has 0 aliphatic carbocycles. The highest BCUT2D eigenvalue weighted by molar-refractivity contribution is 6.91. The normalized spacial score (nSPS) is 11.7. The summed E-state index contributed by atoms with van der Waals surface area (Å²) in [7, 11) is -1.38. The van der Waals surface area contributed by atoms with Crippen LogP contribution in [-0.4, -0.2) is 23.1 Å². The average Bonchev–Trinajstić information content (AvgIpc) is 2.92. The second-order valence-corrected chi connectivity index (χ2v) is 10.3. The smallest absolute Gasteiger partial charge is 0.114 e. The van der Waals surface area contributed by atoms with Crippen molar-refractivity contribution in [2.45, 2.75) is 45.4 Å². The Morgan fingerprint density at radius 2 is 1.63 bits per heavy atom. The average molecular weight is 273 g/mol. The van der Waals surface area contributed by atoms with Gasteiger partial charge in [-0.15, -0.1) is 5.10 Å². The maximum atomic E-state index is 4.47. The molecule has 0 aliphatic rings. The van der Waals surface area contributed by atoms with E-state index in [9.17, 15) is 0 Å².